The van der Waals surface area contributed by atoms with Crippen LogP contribution < -0.4 is 10.6 Å². The largest absolute Gasteiger partial charge is 0.355 e. The first-order chi connectivity index (χ1) is 11.1. The molecule has 23 heavy (non-hydrogen) atoms. The summed E-state index contributed by atoms with van der Waals surface area (Å²) >= 11 is 0. The van der Waals surface area contributed by atoms with E-state index in [9.17, 15) is 9.59 Å². The SMILES string of the molecule is C=CCN1CC[C@@H](CNC(=O)CC(=O)Nc2ccccc2C)C1. The van der Waals surface area contributed by atoms with E-state index in [1.54, 1.807) is 0 Å². The van der Waals surface area contributed by atoms with Crippen molar-refractivity contribution in [1.29, 1.82) is 0 Å². The highest BCUT2D eigenvalue weighted by Gasteiger charge is 2.22. The summed E-state index contributed by atoms with van der Waals surface area (Å²) < 4.78 is 0. The van der Waals surface area contributed by atoms with Crippen LogP contribution in [0.3, 0.4) is 0 Å². The Morgan fingerprint density at radius 1 is 1.35 bits per heavy atom. The number of carbonyl (C=O) groups is 2. The Kier molecular flexibility index (Phi) is 6.35. The molecule has 0 unspecified atom stereocenters. The lowest BCUT2D eigenvalue weighted by Crippen LogP contribution is -2.33. The van der Waals surface area contributed by atoms with Crippen molar-refractivity contribution in [2.45, 2.75) is 19.8 Å². The van der Waals surface area contributed by atoms with Gasteiger partial charge in [0.15, 0.2) is 0 Å². The molecule has 0 aliphatic carbocycles. The number of carbonyl (C=O) groups excluding carboxylic acids is 2. The van der Waals surface area contributed by atoms with E-state index in [0.29, 0.717) is 12.5 Å². The van der Waals surface area contributed by atoms with Crippen LogP contribution in [0.15, 0.2) is 36.9 Å². The lowest BCUT2D eigenvalue weighted by atomic mass is 10.1. The summed E-state index contributed by atoms with van der Waals surface area (Å²) in [4.78, 5) is 26.1. The minimum absolute atomic E-state index is 0.141. The highest BCUT2D eigenvalue weighted by atomic mass is 16.2. The van der Waals surface area contributed by atoms with Gasteiger partial charge in [0, 0.05) is 25.3 Å². The number of likely N-dealkylation sites (tertiary alicyclic amines) is 1. The zero-order valence-corrected chi connectivity index (χ0v) is 13.7. The molecule has 5 nitrogen and oxygen atoms in total. The number of nitrogens with one attached hydrogen (secondary N) is 2. The van der Waals surface area contributed by atoms with E-state index in [1.807, 2.05) is 37.3 Å². The number of nitrogens with zero attached hydrogens (tertiary/aromatic N) is 1. The second-order valence-electron chi connectivity index (χ2n) is 6.05. The van der Waals surface area contributed by atoms with Crippen molar-refractivity contribution in [3.8, 4) is 0 Å². The van der Waals surface area contributed by atoms with Crippen LogP contribution in [0.5, 0.6) is 0 Å². The van der Waals surface area contributed by atoms with Crippen LogP contribution in [0.1, 0.15) is 18.4 Å². The first-order valence-corrected chi connectivity index (χ1v) is 8.04. The molecular formula is C18H25N3O2. The van der Waals surface area contributed by atoms with E-state index >= 15 is 0 Å². The predicted molar refractivity (Wildman–Crippen MR) is 92.2 cm³/mol. The minimum Gasteiger partial charge on any atom is -0.355 e. The summed E-state index contributed by atoms with van der Waals surface area (Å²) in [7, 11) is 0. The van der Waals surface area contributed by atoms with Crippen molar-refractivity contribution >= 4 is 17.5 Å². The standard InChI is InChI=1S/C18H25N3O2/c1-3-9-21-10-8-15(13-21)12-19-17(22)11-18(23)20-16-7-5-4-6-14(16)2/h3-7,15H,1,8-13H2,2H3,(H,19,22)(H,20,23)/t15-/m0/s1. The third-order valence-corrected chi connectivity index (χ3v) is 4.09. The lowest BCUT2D eigenvalue weighted by Gasteiger charge is -2.14. The number of anilines is 1. The number of hydrogen-bond acceptors (Lipinski definition) is 3. The molecular weight excluding hydrogens is 290 g/mol. The minimum atomic E-state index is -0.281. The molecule has 0 aromatic heterocycles. The molecule has 1 fully saturated rings. The predicted octanol–water partition coefficient (Wildman–Crippen LogP) is 1.95. The maximum atomic E-state index is 11.9. The summed E-state index contributed by atoms with van der Waals surface area (Å²) in [5.74, 6) is -0.0481. The Bertz CT molecular complexity index is 571. The molecule has 0 saturated carbocycles. The summed E-state index contributed by atoms with van der Waals surface area (Å²) in [5.41, 5.74) is 1.73. The van der Waals surface area contributed by atoms with Gasteiger partial charge in [-0.05, 0) is 37.4 Å². The summed E-state index contributed by atoms with van der Waals surface area (Å²) in [6, 6.07) is 7.52. The molecule has 1 atom stereocenters. The van der Waals surface area contributed by atoms with Crippen molar-refractivity contribution in [3.63, 3.8) is 0 Å². The van der Waals surface area contributed by atoms with Gasteiger partial charge in [-0.25, -0.2) is 0 Å². The van der Waals surface area contributed by atoms with Crippen LogP contribution in [-0.4, -0.2) is 42.9 Å². The molecule has 2 rings (SSSR count). The van der Waals surface area contributed by atoms with Crippen LogP contribution in [0.2, 0.25) is 0 Å². The normalized spacial score (nSPS) is 17.7. The average molecular weight is 315 g/mol. The van der Waals surface area contributed by atoms with E-state index in [-0.39, 0.29) is 18.2 Å². The van der Waals surface area contributed by atoms with Gasteiger partial charge in [0.05, 0.1) is 0 Å². The third-order valence-electron chi connectivity index (χ3n) is 4.09. The molecule has 5 heteroatoms. The Morgan fingerprint density at radius 2 is 2.13 bits per heavy atom. The number of para-hydroxylation sites is 1. The number of hydrogen-bond donors (Lipinski definition) is 2. The first kappa shape index (κ1) is 17.2. The Hall–Kier alpha value is -2.14. The first-order valence-electron chi connectivity index (χ1n) is 8.04. The van der Waals surface area contributed by atoms with Gasteiger partial charge in [0.2, 0.25) is 11.8 Å². The Labute approximate surface area is 137 Å². The van der Waals surface area contributed by atoms with Crippen LogP contribution in [0, 0.1) is 12.8 Å². The molecule has 1 aliphatic rings. The number of aryl methyl sites for hydroxylation is 1. The Balaban J connectivity index is 1.69. The van der Waals surface area contributed by atoms with E-state index < -0.39 is 0 Å². The molecule has 1 aliphatic heterocycles. The zero-order chi connectivity index (χ0) is 16.7. The fourth-order valence-electron chi connectivity index (χ4n) is 2.80. The van der Waals surface area contributed by atoms with Gasteiger partial charge in [-0.3, -0.25) is 14.5 Å². The van der Waals surface area contributed by atoms with Gasteiger partial charge in [0.25, 0.3) is 0 Å². The second-order valence-corrected chi connectivity index (χ2v) is 6.05. The van der Waals surface area contributed by atoms with Gasteiger partial charge in [-0.15, -0.1) is 6.58 Å². The highest BCUT2D eigenvalue weighted by molar-refractivity contribution is 6.03. The lowest BCUT2D eigenvalue weighted by molar-refractivity contribution is -0.126. The summed E-state index contributed by atoms with van der Waals surface area (Å²) in [6.45, 7) is 9.20. The average Bonchev–Trinajstić information content (AvgIpc) is 2.96. The number of rotatable bonds is 7. The van der Waals surface area contributed by atoms with Crippen LogP contribution in [0.4, 0.5) is 5.69 Å². The smallest absolute Gasteiger partial charge is 0.233 e. The highest BCUT2D eigenvalue weighted by Crippen LogP contribution is 2.15. The maximum absolute atomic E-state index is 11.9. The van der Waals surface area contributed by atoms with Crippen molar-refractivity contribution < 1.29 is 9.59 Å². The molecule has 1 heterocycles. The number of amides is 2. The van der Waals surface area contributed by atoms with Gasteiger partial charge in [0.1, 0.15) is 6.42 Å². The number of benzene rings is 1. The van der Waals surface area contributed by atoms with Gasteiger partial charge >= 0.3 is 0 Å². The van der Waals surface area contributed by atoms with Crippen molar-refractivity contribution in [1.82, 2.24) is 10.2 Å². The Morgan fingerprint density at radius 3 is 2.87 bits per heavy atom. The topological polar surface area (TPSA) is 61.4 Å². The van der Waals surface area contributed by atoms with Crippen LogP contribution in [0.25, 0.3) is 0 Å². The molecule has 1 aromatic carbocycles. The fourth-order valence-corrected chi connectivity index (χ4v) is 2.80. The monoisotopic (exact) mass is 315 g/mol. The van der Waals surface area contributed by atoms with Gasteiger partial charge < -0.3 is 10.6 Å². The van der Waals surface area contributed by atoms with E-state index in [1.165, 1.54) is 0 Å². The van der Waals surface area contributed by atoms with Crippen LogP contribution >= 0.6 is 0 Å². The van der Waals surface area contributed by atoms with Crippen LogP contribution in [-0.2, 0) is 9.59 Å². The van der Waals surface area contributed by atoms with Crippen molar-refractivity contribution in [2.75, 3.05) is 31.5 Å². The molecule has 0 bridgehead atoms. The molecule has 2 N–H and O–H groups in total. The third kappa shape index (κ3) is 5.53. The fraction of sp³-hybridized carbons (Fsp3) is 0.444. The van der Waals surface area contributed by atoms with Gasteiger partial charge in [-0.1, -0.05) is 24.3 Å². The molecule has 124 valence electrons. The molecule has 0 radical (unpaired) electrons. The molecule has 1 saturated heterocycles. The van der Waals surface area contributed by atoms with E-state index in [2.05, 4.69) is 22.1 Å². The van der Waals surface area contributed by atoms with Gasteiger partial charge in [-0.2, -0.15) is 0 Å². The summed E-state index contributed by atoms with van der Waals surface area (Å²) in [6.07, 6.45) is 2.83. The van der Waals surface area contributed by atoms with Crippen molar-refractivity contribution in [3.05, 3.63) is 42.5 Å². The van der Waals surface area contributed by atoms with Crippen molar-refractivity contribution in [2.24, 2.45) is 5.92 Å². The zero-order valence-electron chi connectivity index (χ0n) is 13.7. The van der Waals surface area contributed by atoms with E-state index in [4.69, 9.17) is 0 Å². The molecule has 1 aromatic rings. The quantitative estimate of drug-likeness (QED) is 0.597. The van der Waals surface area contributed by atoms with E-state index in [0.717, 1.165) is 37.3 Å². The summed E-state index contributed by atoms with van der Waals surface area (Å²) in [5, 5.41) is 5.64. The molecule has 2 amide bonds. The maximum Gasteiger partial charge on any atom is 0.233 e. The second kappa shape index (κ2) is 8.48. The molecule has 0 spiro atoms.